The van der Waals surface area contributed by atoms with Crippen molar-refractivity contribution < 1.29 is 0 Å². The first-order valence-electron chi connectivity index (χ1n) is 6.13. The number of nitrogens with one attached hydrogen (secondary N) is 1. The highest BCUT2D eigenvalue weighted by molar-refractivity contribution is 5.11. The Kier molecular flexibility index (Phi) is 3.78. The van der Waals surface area contributed by atoms with E-state index in [0.29, 0.717) is 0 Å². The average Bonchev–Trinajstić information content (AvgIpc) is 2.99. The van der Waals surface area contributed by atoms with Gasteiger partial charge in [-0.05, 0) is 38.8 Å². The predicted octanol–water partition coefficient (Wildman–Crippen LogP) is 1.97. The highest BCUT2D eigenvalue weighted by Gasteiger charge is 2.19. The van der Waals surface area contributed by atoms with Crippen LogP contribution in [0, 0.1) is 6.92 Å². The van der Waals surface area contributed by atoms with Crippen LogP contribution in [0.2, 0.25) is 0 Å². The fourth-order valence-electron chi connectivity index (χ4n) is 1.84. The van der Waals surface area contributed by atoms with E-state index < -0.39 is 0 Å². The highest BCUT2D eigenvalue weighted by atomic mass is 15.3. The quantitative estimate of drug-likeness (QED) is 0.585. The molecule has 0 bridgehead atoms. The van der Waals surface area contributed by atoms with Gasteiger partial charge in [-0.2, -0.15) is 5.10 Å². The third kappa shape index (κ3) is 3.49. The molecular weight excluding hydrogens is 198 g/mol. The second kappa shape index (κ2) is 5.30. The largest absolute Gasteiger partial charge is 0.314 e. The smallest absolute Gasteiger partial charge is 0.0596 e. The van der Waals surface area contributed by atoms with E-state index in [2.05, 4.69) is 28.6 Å². The van der Waals surface area contributed by atoms with Crippen LogP contribution in [-0.2, 0) is 13.5 Å². The van der Waals surface area contributed by atoms with Gasteiger partial charge in [0.05, 0.1) is 5.69 Å². The average molecular weight is 219 g/mol. The topological polar surface area (TPSA) is 29.9 Å². The van der Waals surface area contributed by atoms with Crippen LogP contribution in [0.1, 0.15) is 30.7 Å². The van der Waals surface area contributed by atoms with E-state index in [1.807, 2.05) is 18.7 Å². The first kappa shape index (κ1) is 11.4. The van der Waals surface area contributed by atoms with Crippen LogP contribution in [0.3, 0.4) is 0 Å². The summed E-state index contributed by atoms with van der Waals surface area (Å²) < 4.78 is 1.96. The maximum absolute atomic E-state index is 4.33. The number of hydrogen-bond donors (Lipinski definition) is 1. The van der Waals surface area contributed by atoms with Crippen LogP contribution in [0.15, 0.2) is 18.2 Å². The lowest BCUT2D eigenvalue weighted by Gasteiger charge is -1.98. The molecule has 3 nitrogen and oxygen atoms in total. The Hall–Kier alpha value is -1.09. The Labute approximate surface area is 97.5 Å². The summed E-state index contributed by atoms with van der Waals surface area (Å²) in [6, 6.07) is 2.97. The van der Waals surface area contributed by atoms with Crippen molar-refractivity contribution in [3.05, 3.63) is 29.6 Å². The summed E-state index contributed by atoms with van der Waals surface area (Å²) in [5, 5.41) is 7.83. The van der Waals surface area contributed by atoms with E-state index in [4.69, 9.17) is 0 Å². The summed E-state index contributed by atoms with van der Waals surface area (Å²) in [7, 11) is 2.00. The Morgan fingerprint density at radius 3 is 2.94 bits per heavy atom. The maximum Gasteiger partial charge on any atom is 0.0596 e. The number of hydrogen-bond acceptors (Lipinski definition) is 2. The molecule has 0 saturated heterocycles. The van der Waals surface area contributed by atoms with E-state index in [-0.39, 0.29) is 0 Å². The normalized spacial score (nSPS) is 16.1. The number of nitrogens with zero attached hydrogens (tertiary/aromatic N) is 2. The van der Waals surface area contributed by atoms with E-state index in [9.17, 15) is 0 Å². The third-order valence-corrected chi connectivity index (χ3v) is 2.91. The lowest BCUT2D eigenvalue weighted by Crippen LogP contribution is -2.16. The Morgan fingerprint density at radius 2 is 2.31 bits per heavy atom. The van der Waals surface area contributed by atoms with Gasteiger partial charge in [0.1, 0.15) is 0 Å². The minimum atomic E-state index is 0.827. The van der Waals surface area contributed by atoms with Gasteiger partial charge in [0.2, 0.25) is 0 Å². The molecule has 1 aliphatic rings. The SMILES string of the molecule is Cc1cc(CC=CCCNC2CC2)n(C)n1. The van der Waals surface area contributed by atoms with Gasteiger partial charge in [0, 0.05) is 25.2 Å². The van der Waals surface area contributed by atoms with Crippen LogP contribution in [0.5, 0.6) is 0 Å². The van der Waals surface area contributed by atoms with Crippen molar-refractivity contribution in [2.45, 2.75) is 38.6 Å². The molecule has 0 atom stereocenters. The molecule has 88 valence electrons. The van der Waals surface area contributed by atoms with Crippen molar-refractivity contribution in [1.29, 1.82) is 0 Å². The van der Waals surface area contributed by atoms with Gasteiger partial charge in [0.15, 0.2) is 0 Å². The molecule has 3 heteroatoms. The minimum Gasteiger partial charge on any atom is -0.314 e. The zero-order valence-corrected chi connectivity index (χ0v) is 10.2. The van der Waals surface area contributed by atoms with E-state index in [1.54, 1.807) is 0 Å². The number of aryl methyl sites for hydroxylation is 2. The van der Waals surface area contributed by atoms with Gasteiger partial charge >= 0.3 is 0 Å². The van der Waals surface area contributed by atoms with Crippen LogP contribution < -0.4 is 5.32 Å². The van der Waals surface area contributed by atoms with Crippen molar-refractivity contribution >= 4 is 0 Å². The van der Waals surface area contributed by atoms with Gasteiger partial charge < -0.3 is 5.32 Å². The zero-order valence-electron chi connectivity index (χ0n) is 10.2. The van der Waals surface area contributed by atoms with Crippen LogP contribution in [0.4, 0.5) is 0 Å². The molecule has 16 heavy (non-hydrogen) atoms. The van der Waals surface area contributed by atoms with Crippen molar-refractivity contribution in [2.24, 2.45) is 7.05 Å². The van der Waals surface area contributed by atoms with Gasteiger partial charge in [-0.3, -0.25) is 4.68 Å². The van der Waals surface area contributed by atoms with Gasteiger partial charge in [-0.15, -0.1) is 0 Å². The maximum atomic E-state index is 4.33. The summed E-state index contributed by atoms with van der Waals surface area (Å²) >= 11 is 0. The molecule has 2 rings (SSSR count). The molecule has 1 aromatic rings. The molecule has 1 aliphatic carbocycles. The van der Waals surface area contributed by atoms with Crippen molar-refractivity contribution in [2.75, 3.05) is 6.54 Å². The highest BCUT2D eigenvalue weighted by Crippen LogP contribution is 2.18. The molecular formula is C13H21N3. The second-order valence-corrected chi connectivity index (χ2v) is 4.59. The van der Waals surface area contributed by atoms with Crippen LogP contribution in [-0.4, -0.2) is 22.4 Å². The summed E-state index contributed by atoms with van der Waals surface area (Å²) in [5.41, 5.74) is 2.38. The lowest BCUT2D eigenvalue weighted by molar-refractivity contribution is 0.689. The lowest BCUT2D eigenvalue weighted by atomic mass is 10.2. The van der Waals surface area contributed by atoms with Crippen LogP contribution >= 0.6 is 0 Å². The molecule has 0 spiro atoms. The van der Waals surface area contributed by atoms with Gasteiger partial charge in [-0.1, -0.05) is 12.2 Å². The zero-order chi connectivity index (χ0) is 11.4. The van der Waals surface area contributed by atoms with E-state index in [1.165, 1.54) is 18.5 Å². The van der Waals surface area contributed by atoms with E-state index in [0.717, 1.165) is 31.1 Å². The molecule has 1 fully saturated rings. The fourth-order valence-corrected chi connectivity index (χ4v) is 1.84. The summed E-state index contributed by atoms with van der Waals surface area (Å²) in [4.78, 5) is 0. The minimum absolute atomic E-state index is 0.827. The second-order valence-electron chi connectivity index (χ2n) is 4.59. The number of allylic oxidation sites excluding steroid dienone is 1. The molecule has 0 amide bonds. The summed E-state index contributed by atoms with van der Waals surface area (Å²) in [5.74, 6) is 0. The standard InChI is InChI=1S/C13H21N3/c1-11-10-13(16(2)15-11)6-4-3-5-9-14-12-7-8-12/h3-4,10,12,14H,5-9H2,1-2H3. The number of rotatable bonds is 6. The number of aromatic nitrogens is 2. The predicted molar refractivity (Wildman–Crippen MR) is 66.4 cm³/mol. The van der Waals surface area contributed by atoms with Crippen LogP contribution in [0.25, 0.3) is 0 Å². The van der Waals surface area contributed by atoms with Crippen molar-refractivity contribution in [3.63, 3.8) is 0 Å². The third-order valence-electron chi connectivity index (χ3n) is 2.91. The van der Waals surface area contributed by atoms with Gasteiger partial charge in [0.25, 0.3) is 0 Å². The molecule has 0 radical (unpaired) electrons. The Bertz CT molecular complexity index is 361. The van der Waals surface area contributed by atoms with E-state index >= 15 is 0 Å². The monoisotopic (exact) mass is 219 g/mol. The molecule has 0 aliphatic heterocycles. The fraction of sp³-hybridized carbons (Fsp3) is 0.615. The molecule has 0 unspecified atom stereocenters. The molecule has 1 saturated carbocycles. The summed E-state index contributed by atoms with van der Waals surface area (Å²) in [6.07, 6.45) is 9.37. The van der Waals surface area contributed by atoms with Crippen molar-refractivity contribution in [3.8, 4) is 0 Å². The first-order chi connectivity index (χ1) is 7.75. The molecule has 1 heterocycles. The van der Waals surface area contributed by atoms with Gasteiger partial charge in [-0.25, -0.2) is 0 Å². The van der Waals surface area contributed by atoms with Crippen molar-refractivity contribution in [1.82, 2.24) is 15.1 Å². The molecule has 0 aromatic carbocycles. The summed E-state index contributed by atoms with van der Waals surface area (Å²) in [6.45, 7) is 3.15. The molecule has 1 N–H and O–H groups in total. The molecule has 1 aromatic heterocycles. The first-order valence-corrected chi connectivity index (χ1v) is 6.13. The Balaban J connectivity index is 1.65. The Morgan fingerprint density at radius 1 is 1.50 bits per heavy atom.